The van der Waals surface area contributed by atoms with Crippen molar-refractivity contribution < 1.29 is 4.79 Å². The lowest BCUT2D eigenvalue weighted by Crippen LogP contribution is -2.32. The van der Waals surface area contributed by atoms with Crippen molar-refractivity contribution in [2.75, 3.05) is 18.0 Å². The molecule has 35 heavy (non-hydrogen) atoms. The van der Waals surface area contributed by atoms with Crippen molar-refractivity contribution in [1.82, 2.24) is 20.3 Å². The molecule has 0 spiro atoms. The van der Waals surface area contributed by atoms with E-state index in [0.717, 1.165) is 18.5 Å². The van der Waals surface area contributed by atoms with Gasteiger partial charge in [-0.05, 0) is 49.7 Å². The number of rotatable bonds is 7. The fourth-order valence-electron chi connectivity index (χ4n) is 4.17. The molecule has 176 valence electrons. The number of carbonyl (C=O) groups is 1. The number of H-pyrrole nitrogens is 1. The van der Waals surface area contributed by atoms with Gasteiger partial charge in [0.2, 0.25) is 5.91 Å². The SMILES string of the molecule is Cc1nc(-c2cccnc2)[nH]c(=O)c1CC(=O)NCCCN1c2ccccc2Sc2ccccc21. The van der Waals surface area contributed by atoms with Gasteiger partial charge in [-0.2, -0.15) is 0 Å². The van der Waals surface area contributed by atoms with E-state index >= 15 is 0 Å². The van der Waals surface area contributed by atoms with Crippen molar-refractivity contribution in [2.45, 2.75) is 29.6 Å². The van der Waals surface area contributed by atoms with Crippen LogP contribution in [0.2, 0.25) is 0 Å². The fourth-order valence-corrected chi connectivity index (χ4v) is 5.26. The van der Waals surface area contributed by atoms with Crippen LogP contribution >= 0.6 is 11.8 Å². The van der Waals surface area contributed by atoms with Crippen molar-refractivity contribution in [3.8, 4) is 11.4 Å². The van der Waals surface area contributed by atoms with Gasteiger partial charge in [0, 0.05) is 52.1 Å². The predicted octanol–water partition coefficient (Wildman–Crippen LogP) is 4.49. The molecule has 0 aliphatic carbocycles. The summed E-state index contributed by atoms with van der Waals surface area (Å²) in [5.74, 6) is 0.259. The van der Waals surface area contributed by atoms with Crippen LogP contribution in [0.15, 0.2) is 87.6 Å². The molecule has 1 amide bonds. The third kappa shape index (κ3) is 4.97. The summed E-state index contributed by atoms with van der Waals surface area (Å²) in [5.41, 5.74) is 3.72. The van der Waals surface area contributed by atoms with Crippen molar-refractivity contribution >= 4 is 29.0 Å². The topological polar surface area (TPSA) is 91.0 Å². The van der Waals surface area contributed by atoms with Gasteiger partial charge in [-0.1, -0.05) is 36.0 Å². The Balaban J connectivity index is 1.20. The first-order chi connectivity index (χ1) is 17.1. The van der Waals surface area contributed by atoms with Gasteiger partial charge >= 0.3 is 0 Å². The Morgan fingerprint density at radius 1 is 1.03 bits per heavy atom. The van der Waals surface area contributed by atoms with Gasteiger partial charge in [-0.3, -0.25) is 14.6 Å². The lowest BCUT2D eigenvalue weighted by atomic mass is 10.1. The number of aromatic amines is 1. The number of hydrogen-bond acceptors (Lipinski definition) is 6. The molecule has 2 aromatic heterocycles. The molecule has 0 fully saturated rings. The molecule has 0 radical (unpaired) electrons. The molecule has 2 aromatic carbocycles. The number of aryl methyl sites for hydroxylation is 1. The molecule has 7 nitrogen and oxygen atoms in total. The summed E-state index contributed by atoms with van der Waals surface area (Å²) in [6.07, 6.45) is 4.07. The molecule has 3 heterocycles. The fraction of sp³-hybridized carbons (Fsp3) is 0.185. The van der Waals surface area contributed by atoms with Crippen molar-refractivity contribution in [3.05, 3.63) is 94.7 Å². The third-order valence-electron chi connectivity index (χ3n) is 5.91. The average molecular weight is 484 g/mol. The maximum Gasteiger partial charge on any atom is 0.255 e. The van der Waals surface area contributed by atoms with E-state index in [-0.39, 0.29) is 17.9 Å². The molecule has 0 saturated carbocycles. The summed E-state index contributed by atoms with van der Waals surface area (Å²) in [7, 11) is 0. The van der Waals surface area contributed by atoms with E-state index in [0.29, 0.717) is 23.6 Å². The second kappa shape index (κ2) is 10.1. The standard InChI is InChI=1S/C27H25N5O2S/c1-18-20(27(34)31-26(30-18)19-8-6-13-28-17-19)16-25(33)29-14-7-15-32-21-9-2-4-11-23(21)35-24-12-5-3-10-22(24)32/h2-6,8-13,17H,7,14-16H2,1H3,(H,29,33)(H,30,31,34). The van der Waals surface area contributed by atoms with Crippen LogP contribution in [0.5, 0.6) is 0 Å². The van der Waals surface area contributed by atoms with E-state index in [2.05, 4.69) is 73.7 Å². The summed E-state index contributed by atoms with van der Waals surface area (Å²) in [6, 6.07) is 20.4. The van der Waals surface area contributed by atoms with Crippen molar-refractivity contribution in [1.29, 1.82) is 0 Å². The smallest absolute Gasteiger partial charge is 0.255 e. The molecule has 0 saturated heterocycles. The monoisotopic (exact) mass is 483 g/mol. The quantitative estimate of drug-likeness (QED) is 0.377. The highest BCUT2D eigenvalue weighted by Crippen LogP contribution is 2.47. The largest absolute Gasteiger partial charge is 0.356 e. The number of para-hydroxylation sites is 2. The van der Waals surface area contributed by atoms with Crippen LogP contribution in [-0.2, 0) is 11.2 Å². The minimum atomic E-state index is -0.300. The van der Waals surface area contributed by atoms with E-state index < -0.39 is 0 Å². The van der Waals surface area contributed by atoms with E-state index in [1.54, 1.807) is 37.1 Å². The Kier molecular flexibility index (Phi) is 6.63. The lowest BCUT2D eigenvalue weighted by Gasteiger charge is -2.32. The van der Waals surface area contributed by atoms with Crippen LogP contribution in [0, 0.1) is 6.92 Å². The first-order valence-electron chi connectivity index (χ1n) is 11.5. The second-order valence-corrected chi connectivity index (χ2v) is 9.37. The summed E-state index contributed by atoms with van der Waals surface area (Å²) in [4.78, 5) is 41.3. The molecule has 0 bridgehead atoms. The maximum atomic E-state index is 12.6. The normalized spacial score (nSPS) is 12.1. The first-order valence-corrected chi connectivity index (χ1v) is 12.3. The number of benzene rings is 2. The van der Waals surface area contributed by atoms with E-state index in [1.807, 2.05) is 6.07 Å². The minimum Gasteiger partial charge on any atom is -0.356 e. The summed E-state index contributed by atoms with van der Waals surface area (Å²) in [5, 5.41) is 2.96. The van der Waals surface area contributed by atoms with Crippen LogP contribution in [0.4, 0.5) is 11.4 Å². The lowest BCUT2D eigenvalue weighted by molar-refractivity contribution is -0.120. The summed E-state index contributed by atoms with van der Waals surface area (Å²) in [6.45, 7) is 3.04. The highest BCUT2D eigenvalue weighted by Gasteiger charge is 2.22. The van der Waals surface area contributed by atoms with Gasteiger partial charge in [0.15, 0.2) is 0 Å². The minimum absolute atomic E-state index is 0.00644. The van der Waals surface area contributed by atoms with Crippen LogP contribution in [-0.4, -0.2) is 33.9 Å². The molecule has 8 heteroatoms. The van der Waals surface area contributed by atoms with Crippen LogP contribution in [0.25, 0.3) is 11.4 Å². The van der Waals surface area contributed by atoms with Gasteiger partial charge in [-0.25, -0.2) is 4.98 Å². The van der Waals surface area contributed by atoms with Gasteiger partial charge < -0.3 is 15.2 Å². The first kappa shape index (κ1) is 22.9. The zero-order chi connectivity index (χ0) is 24.2. The Morgan fingerprint density at radius 3 is 2.40 bits per heavy atom. The number of fused-ring (bicyclic) bond motifs is 2. The number of amides is 1. The summed E-state index contributed by atoms with van der Waals surface area (Å²) < 4.78 is 0. The predicted molar refractivity (Wildman–Crippen MR) is 138 cm³/mol. The molecule has 4 aromatic rings. The number of pyridine rings is 1. The molecule has 0 atom stereocenters. The Morgan fingerprint density at radius 2 is 1.74 bits per heavy atom. The zero-order valence-electron chi connectivity index (χ0n) is 19.3. The van der Waals surface area contributed by atoms with Crippen molar-refractivity contribution in [2.24, 2.45) is 0 Å². The number of aromatic nitrogens is 3. The molecular formula is C27H25N5O2S. The number of anilines is 2. The number of nitrogens with zero attached hydrogens (tertiary/aromatic N) is 3. The Hall–Kier alpha value is -3.91. The summed E-state index contributed by atoms with van der Waals surface area (Å²) >= 11 is 1.78. The van der Waals surface area contributed by atoms with Gasteiger partial charge in [0.05, 0.1) is 17.8 Å². The molecule has 2 N–H and O–H groups in total. The van der Waals surface area contributed by atoms with Gasteiger partial charge in [0.25, 0.3) is 5.56 Å². The average Bonchev–Trinajstić information content (AvgIpc) is 2.88. The Labute approximate surface area is 207 Å². The maximum absolute atomic E-state index is 12.6. The second-order valence-electron chi connectivity index (χ2n) is 8.29. The van der Waals surface area contributed by atoms with E-state index in [1.165, 1.54) is 21.2 Å². The molecule has 5 rings (SSSR count). The third-order valence-corrected chi connectivity index (χ3v) is 7.04. The van der Waals surface area contributed by atoms with Crippen LogP contribution in [0.3, 0.4) is 0 Å². The van der Waals surface area contributed by atoms with Gasteiger partial charge in [0.1, 0.15) is 5.82 Å². The van der Waals surface area contributed by atoms with Gasteiger partial charge in [-0.15, -0.1) is 0 Å². The number of nitrogens with one attached hydrogen (secondary N) is 2. The number of hydrogen-bond donors (Lipinski definition) is 2. The highest BCUT2D eigenvalue weighted by molar-refractivity contribution is 7.99. The molecule has 1 aliphatic rings. The molecule has 0 unspecified atom stereocenters. The van der Waals surface area contributed by atoms with Crippen LogP contribution in [0.1, 0.15) is 17.7 Å². The highest BCUT2D eigenvalue weighted by atomic mass is 32.2. The van der Waals surface area contributed by atoms with E-state index in [9.17, 15) is 9.59 Å². The number of carbonyl (C=O) groups excluding carboxylic acids is 1. The molecular weight excluding hydrogens is 458 g/mol. The van der Waals surface area contributed by atoms with Crippen molar-refractivity contribution in [3.63, 3.8) is 0 Å². The Bertz CT molecular complexity index is 1380. The zero-order valence-corrected chi connectivity index (χ0v) is 20.1. The van der Waals surface area contributed by atoms with E-state index in [4.69, 9.17) is 0 Å². The molecule has 1 aliphatic heterocycles. The van der Waals surface area contributed by atoms with Crippen LogP contribution < -0.4 is 15.8 Å².